The molecule has 1 aliphatic rings. The maximum Gasteiger partial charge on any atom is 0.408 e. The van der Waals surface area contributed by atoms with Crippen molar-refractivity contribution >= 4 is 17.7 Å². The van der Waals surface area contributed by atoms with Gasteiger partial charge in [0, 0.05) is 36.8 Å². The van der Waals surface area contributed by atoms with Crippen LogP contribution in [-0.4, -0.2) is 55.6 Å². The summed E-state index contributed by atoms with van der Waals surface area (Å²) in [7, 11) is 0. The zero-order chi connectivity index (χ0) is 21.3. The van der Waals surface area contributed by atoms with Gasteiger partial charge in [0.25, 0.3) is 0 Å². The highest BCUT2D eigenvalue weighted by Crippen LogP contribution is 2.42. The van der Waals surface area contributed by atoms with E-state index in [0.29, 0.717) is 25.2 Å². The fourth-order valence-electron chi connectivity index (χ4n) is 4.12. The average molecular weight is 400 g/mol. The number of carboxylic acid groups (broad SMARTS) is 1. The number of nitrogens with two attached hydrogens (primary N) is 1. The van der Waals surface area contributed by atoms with Crippen LogP contribution in [-0.2, 0) is 11.3 Å². The molecule has 9 heteroatoms. The highest BCUT2D eigenvalue weighted by molar-refractivity contribution is 5.94. The lowest BCUT2D eigenvalue weighted by atomic mass is 9.88. The zero-order valence-corrected chi connectivity index (χ0v) is 17.2. The van der Waals surface area contributed by atoms with Crippen LogP contribution in [0.25, 0.3) is 11.3 Å². The van der Waals surface area contributed by atoms with Gasteiger partial charge in [0.05, 0.1) is 18.8 Å². The number of hydrogen-bond donors (Lipinski definition) is 2. The van der Waals surface area contributed by atoms with E-state index in [1.165, 1.54) is 11.8 Å². The molecule has 0 fully saturated rings. The van der Waals surface area contributed by atoms with Gasteiger partial charge in [-0.2, -0.15) is 0 Å². The molecule has 0 saturated carbocycles. The van der Waals surface area contributed by atoms with Crippen LogP contribution in [0.3, 0.4) is 0 Å². The molecule has 0 bridgehead atoms. The first-order chi connectivity index (χ1) is 13.7. The van der Waals surface area contributed by atoms with Gasteiger partial charge in [-0.05, 0) is 44.9 Å². The van der Waals surface area contributed by atoms with E-state index in [9.17, 15) is 14.7 Å². The molecule has 3 N–H and O–H groups in total. The van der Waals surface area contributed by atoms with Gasteiger partial charge in [0.2, 0.25) is 5.91 Å². The maximum atomic E-state index is 12.3. The number of aromatic nitrogens is 3. The van der Waals surface area contributed by atoms with Crippen LogP contribution in [0.1, 0.15) is 45.7 Å². The Hall–Kier alpha value is -2.94. The number of nitrogens with zero attached hydrogens (tertiary/aromatic N) is 5. The second kappa shape index (κ2) is 8.20. The molecule has 156 valence electrons. The second-order valence-corrected chi connectivity index (χ2v) is 7.70. The van der Waals surface area contributed by atoms with E-state index in [1.54, 1.807) is 9.58 Å². The lowest BCUT2D eigenvalue weighted by Gasteiger charge is -2.43. The molecular weight excluding hydrogens is 372 g/mol. The third-order valence-corrected chi connectivity index (χ3v) is 5.30. The average Bonchev–Trinajstić information content (AvgIpc) is 3.09. The summed E-state index contributed by atoms with van der Waals surface area (Å²) in [4.78, 5) is 27.5. The standard InChI is InChI=1S/C20H28N6O3/c1-12(2)25(20(28)29)19-9-13(3)26(14(4)27)18-6-5-15(10-16(18)19)17-11-24(8-7-21)23-22-17/h5-6,10-13,19H,7-9,21H2,1-4H3,(H,28,29)/t13-,19+/m0/s1. The molecule has 2 heterocycles. The van der Waals surface area contributed by atoms with Crippen molar-refractivity contribution in [2.24, 2.45) is 5.73 Å². The third kappa shape index (κ3) is 3.95. The van der Waals surface area contributed by atoms with E-state index < -0.39 is 6.09 Å². The Balaban J connectivity index is 2.12. The smallest absolute Gasteiger partial charge is 0.408 e. The molecule has 1 aromatic carbocycles. The van der Waals surface area contributed by atoms with Crippen molar-refractivity contribution < 1.29 is 14.7 Å². The molecule has 1 aliphatic heterocycles. The van der Waals surface area contributed by atoms with Crippen molar-refractivity contribution in [1.82, 2.24) is 19.9 Å². The summed E-state index contributed by atoms with van der Waals surface area (Å²) >= 11 is 0. The van der Waals surface area contributed by atoms with Crippen molar-refractivity contribution in [3.05, 3.63) is 30.0 Å². The van der Waals surface area contributed by atoms with Crippen molar-refractivity contribution in [3.8, 4) is 11.3 Å². The minimum atomic E-state index is -0.973. The summed E-state index contributed by atoms with van der Waals surface area (Å²) in [6.45, 7) is 8.23. The highest BCUT2D eigenvalue weighted by atomic mass is 16.4. The van der Waals surface area contributed by atoms with E-state index in [-0.39, 0.29) is 24.0 Å². The van der Waals surface area contributed by atoms with Gasteiger partial charge in [-0.1, -0.05) is 11.3 Å². The first-order valence-electron chi connectivity index (χ1n) is 9.80. The predicted octanol–water partition coefficient (Wildman–Crippen LogP) is 2.48. The molecule has 2 amide bonds. The predicted molar refractivity (Wildman–Crippen MR) is 109 cm³/mol. The van der Waals surface area contributed by atoms with Gasteiger partial charge in [-0.3, -0.25) is 14.4 Å². The first-order valence-corrected chi connectivity index (χ1v) is 9.80. The first kappa shape index (κ1) is 20.8. The summed E-state index contributed by atoms with van der Waals surface area (Å²) in [6, 6.07) is 5.03. The SMILES string of the molecule is CC(=O)N1c2ccc(-c3cn(CCN)nn3)cc2[C@H](N(C(=O)O)C(C)C)C[C@@H]1C. The molecule has 1 aromatic heterocycles. The van der Waals surface area contributed by atoms with Gasteiger partial charge < -0.3 is 15.7 Å². The number of carbonyl (C=O) groups excluding carboxylic acids is 1. The summed E-state index contributed by atoms with van der Waals surface area (Å²) in [6.07, 6.45) is 1.37. The molecule has 3 rings (SSSR count). The molecule has 0 spiro atoms. The van der Waals surface area contributed by atoms with Gasteiger partial charge in [0.15, 0.2) is 0 Å². The Morgan fingerprint density at radius 3 is 2.69 bits per heavy atom. The summed E-state index contributed by atoms with van der Waals surface area (Å²) in [5.41, 5.74) is 8.63. The van der Waals surface area contributed by atoms with Crippen LogP contribution in [0, 0.1) is 0 Å². The number of fused-ring (bicyclic) bond motifs is 1. The van der Waals surface area contributed by atoms with E-state index >= 15 is 0 Å². The van der Waals surface area contributed by atoms with Gasteiger partial charge in [0.1, 0.15) is 5.69 Å². The van der Waals surface area contributed by atoms with Crippen LogP contribution >= 0.6 is 0 Å². The largest absolute Gasteiger partial charge is 0.465 e. The number of hydrogen-bond acceptors (Lipinski definition) is 5. The van der Waals surface area contributed by atoms with Gasteiger partial charge in [-0.15, -0.1) is 5.10 Å². The second-order valence-electron chi connectivity index (χ2n) is 7.70. The van der Waals surface area contributed by atoms with Crippen molar-refractivity contribution in [3.63, 3.8) is 0 Å². The Morgan fingerprint density at radius 1 is 1.38 bits per heavy atom. The van der Waals surface area contributed by atoms with Crippen molar-refractivity contribution in [2.75, 3.05) is 11.4 Å². The highest BCUT2D eigenvalue weighted by Gasteiger charge is 2.38. The maximum absolute atomic E-state index is 12.3. The monoisotopic (exact) mass is 400 g/mol. The van der Waals surface area contributed by atoms with Crippen molar-refractivity contribution in [1.29, 1.82) is 0 Å². The Bertz CT molecular complexity index is 909. The molecule has 2 atom stereocenters. The molecule has 0 saturated heterocycles. The van der Waals surface area contributed by atoms with E-state index in [1.807, 2.05) is 45.2 Å². The minimum absolute atomic E-state index is 0.0646. The fraction of sp³-hybridized carbons (Fsp3) is 0.500. The minimum Gasteiger partial charge on any atom is -0.465 e. The Morgan fingerprint density at radius 2 is 2.10 bits per heavy atom. The topological polar surface area (TPSA) is 118 Å². The van der Waals surface area contributed by atoms with Gasteiger partial charge >= 0.3 is 6.09 Å². The Kier molecular flexibility index (Phi) is 5.88. The summed E-state index contributed by atoms with van der Waals surface area (Å²) in [5.74, 6) is -0.0646. The fourth-order valence-corrected chi connectivity index (χ4v) is 4.12. The van der Waals surface area contributed by atoms with Crippen LogP contribution < -0.4 is 10.6 Å². The lowest BCUT2D eigenvalue weighted by molar-refractivity contribution is -0.117. The molecule has 2 aromatic rings. The molecule has 29 heavy (non-hydrogen) atoms. The molecule has 0 aliphatic carbocycles. The van der Waals surface area contributed by atoms with E-state index in [0.717, 1.165) is 16.8 Å². The summed E-state index contributed by atoms with van der Waals surface area (Å²) < 4.78 is 1.67. The molecule has 9 nitrogen and oxygen atoms in total. The van der Waals surface area contributed by atoms with Crippen LogP contribution in [0.2, 0.25) is 0 Å². The van der Waals surface area contributed by atoms with Crippen LogP contribution in [0.4, 0.5) is 10.5 Å². The van der Waals surface area contributed by atoms with Crippen molar-refractivity contribution in [2.45, 2.75) is 58.8 Å². The number of anilines is 1. The van der Waals surface area contributed by atoms with Crippen LogP contribution in [0.15, 0.2) is 24.4 Å². The zero-order valence-electron chi connectivity index (χ0n) is 17.2. The normalized spacial score (nSPS) is 18.6. The number of rotatable bonds is 5. The summed E-state index contributed by atoms with van der Waals surface area (Å²) in [5, 5.41) is 18.1. The number of benzene rings is 1. The molecular formula is C20H28N6O3. The number of carbonyl (C=O) groups is 2. The van der Waals surface area contributed by atoms with E-state index in [2.05, 4.69) is 10.3 Å². The lowest BCUT2D eigenvalue weighted by Crippen LogP contribution is -2.48. The van der Waals surface area contributed by atoms with E-state index in [4.69, 9.17) is 5.73 Å². The molecule has 0 radical (unpaired) electrons. The van der Waals surface area contributed by atoms with Crippen LogP contribution in [0.5, 0.6) is 0 Å². The third-order valence-electron chi connectivity index (χ3n) is 5.30. The number of amides is 2. The Labute approximate surface area is 170 Å². The van der Waals surface area contributed by atoms with Gasteiger partial charge in [-0.25, -0.2) is 4.79 Å². The quantitative estimate of drug-likeness (QED) is 0.796. The molecule has 0 unspecified atom stereocenters.